The zero-order valence-electron chi connectivity index (χ0n) is 15.7. The van der Waals surface area contributed by atoms with E-state index in [0.717, 1.165) is 17.8 Å². The molecule has 0 aliphatic carbocycles. The number of nitrogens with zero attached hydrogens (tertiary/aromatic N) is 6. The summed E-state index contributed by atoms with van der Waals surface area (Å²) in [6.07, 6.45) is 3.30. The van der Waals surface area contributed by atoms with Crippen LogP contribution in [0.3, 0.4) is 0 Å². The van der Waals surface area contributed by atoms with Crippen molar-refractivity contribution in [1.29, 1.82) is 0 Å². The van der Waals surface area contributed by atoms with Crippen molar-refractivity contribution in [3.63, 3.8) is 0 Å². The molecular formula is C18H15N7O3S2. The van der Waals surface area contributed by atoms with Gasteiger partial charge in [-0.25, -0.2) is 14.5 Å². The number of fused-ring (bicyclic) bond motifs is 2. The molecule has 1 N–H and O–H groups in total. The molecule has 0 aromatic carbocycles. The van der Waals surface area contributed by atoms with Crippen LogP contribution in [0.15, 0.2) is 49.7 Å². The average Bonchev–Trinajstić information content (AvgIpc) is 3.45. The second-order valence-corrected chi connectivity index (χ2v) is 8.42. The minimum atomic E-state index is -0.284. The summed E-state index contributed by atoms with van der Waals surface area (Å²) in [6.45, 7) is 2.06. The number of hydrogen-bond acceptors (Lipinski definition) is 9. The number of aromatic amines is 1. The van der Waals surface area contributed by atoms with Crippen LogP contribution in [-0.4, -0.2) is 34.2 Å². The SMILES string of the molecule is CCCc1nn2c(=O)cc(CSc3nc(-c4ccco4)nc4cc(=O)[nH]n34)nc2s1. The van der Waals surface area contributed by atoms with Crippen LogP contribution in [-0.2, 0) is 12.2 Å². The lowest BCUT2D eigenvalue weighted by molar-refractivity contribution is 0.574. The minimum absolute atomic E-state index is 0.215. The number of hydrogen-bond donors (Lipinski definition) is 1. The summed E-state index contributed by atoms with van der Waals surface area (Å²) in [5.74, 6) is 1.26. The van der Waals surface area contributed by atoms with Gasteiger partial charge in [0.2, 0.25) is 4.96 Å². The average molecular weight is 441 g/mol. The van der Waals surface area contributed by atoms with E-state index in [9.17, 15) is 9.59 Å². The molecule has 5 aromatic rings. The first kappa shape index (κ1) is 18.8. The number of aromatic nitrogens is 7. The van der Waals surface area contributed by atoms with Crippen LogP contribution in [0.25, 0.3) is 22.2 Å². The molecule has 0 radical (unpaired) electrons. The van der Waals surface area contributed by atoms with Gasteiger partial charge < -0.3 is 4.42 Å². The van der Waals surface area contributed by atoms with Gasteiger partial charge in [-0.1, -0.05) is 30.0 Å². The first-order valence-electron chi connectivity index (χ1n) is 9.16. The van der Waals surface area contributed by atoms with Crippen LogP contribution in [0.5, 0.6) is 0 Å². The van der Waals surface area contributed by atoms with E-state index >= 15 is 0 Å². The number of aryl methyl sites for hydroxylation is 1. The zero-order valence-corrected chi connectivity index (χ0v) is 17.4. The number of nitrogens with one attached hydrogen (secondary N) is 1. The maximum absolute atomic E-state index is 12.4. The van der Waals surface area contributed by atoms with Crippen LogP contribution >= 0.6 is 23.1 Å². The van der Waals surface area contributed by atoms with E-state index in [1.165, 1.54) is 50.5 Å². The van der Waals surface area contributed by atoms with Gasteiger partial charge in [0.1, 0.15) is 5.01 Å². The molecule has 5 rings (SSSR count). The van der Waals surface area contributed by atoms with Crippen molar-refractivity contribution < 1.29 is 4.42 Å². The Bertz CT molecular complexity index is 1460. The van der Waals surface area contributed by atoms with E-state index in [2.05, 4.69) is 32.1 Å². The van der Waals surface area contributed by atoms with Gasteiger partial charge in [0.05, 0.1) is 12.0 Å². The highest BCUT2D eigenvalue weighted by Gasteiger charge is 2.14. The van der Waals surface area contributed by atoms with Crippen molar-refractivity contribution in [2.24, 2.45) is 0 Å². The molecule has 0 amide bonds. The standard InChI is InChI=1S/C18H15N7O3S2/c1-2-4-14-23-25-15(27)7-10(19-18(25)30-14)9-29-17-21-16(11-5-3-6-28-11)20-12-8-13(26)22-24(12)17/h3,5-8H,2,4,9H2,1H3,(H,22,26). The quantitative estimate of drug-likeness (QED) is 0.398. The largest absolute Gasteiger partial charge is 0.461 e. The van der Waals surface area contributed by atoms with E-state index in [1.807, 2.05) is 0 Å². The molecule has 0 atom stereocenters. The fourth-order valence-electron chi connectivity index (χ4n) is 2.92. The molecule has 0 saturated heterocycles. The molecule has 0 saturated carbocycles. The van der Waals surface area contributed by atoms with Gasteiger partial charge in [0.25, 0.3) is 11.1 Å². The summed E-state index contributed by atoms with van der Waals surface area (Å²) >= 11 is 2.75. The monoisotopic (exact) mass is 441 g/mol. The van der Waals surface area contributed by atoms with Crippen LogP contribution in [0.4, 0.5) is 0 Å². The Hall–Kier alpha value is -3.25. The second-order valence-electron chi connectivity index (χ2n) is 6.44. The summed E-state index contributed by atoms with van der Waals surface area (Å²) < 4.78 is 8.23. The predicted molar refractivity (Wildman–Crippen MR) is 112 cm³/mol. The van der Waals surface area contributed by atoms with Crippen molar-refractivity contribution in [3.8, 4) is 11.6 Å². The molecule has 0 bridgehead atoms. The maximum Gasteiger partial charge on any atom is 0.275 e. The minimum Gasteiger partial charge on any atom is -0.461 e. The Morgan fingerprint density at radius 2 is 2.13 bits per heavy atom. The highest BCUT2D eigenvalue weighted by molar-refractivity contribution is 7.98. The topological polar surface area (TPSA) is 123 Å². The molecule has 5 aromatic heterocycles. The molecule has 0 aliphatic heterocycles. The molecule has 10 nitrogen and oxygen atoms in total. The Labute approximate surface area is 176 Å². The number of H-pyrrole nitrogens is 1. The van der Waals surface area contributed by atoms with Gasteiger partial charge >= 0.3 is 0 Å². The van der Waals surface area contributed by atoms with Crippen molar-refractivity contribution in [2.45, 2.75) is 30.7 Å². The van der Waals surface area contributed by atoms with Crippen LogP contribution in [0.1, 0.15) is 24.0 Å². The molecule has 152 valence electrons. The Morgan fingerprint density at radius 3 is 2.93 bits per heavy atom. The van der Waals surface area contributed by atoms with Gasteiger partial charge in [-0.15, -0.1) is 0 Å². The molecule has 0 unspecified atom stereocenters. The van der Waals surface area contributed by atoms with Gasteiger partial charge in [-0.05, 0) is 18.6 Å². The van der Waals surface area contributed by atoms with Crippen LogP contribution < -0.4 is 11.1 Å². The van der Waals surface area contributed by atoms with Gasteiger partial charge in [0.15, 0.2) is 22.4 Å². The Balaban J connectivity index is 1.50. The molecule has 0 spiro atoms. The maximum atomic E-state index is 12.4. The molecule has 0 aliphatic rings. The van der Waals surface area contributed by atoms with Gasteiger partial charge in [-0.3, -0.25) is 14.7 Å². The number of thioether (sulfide) groups is 1. The third-order valence-electron chi connectivity index (χ3n) is 4.22. The predicted octanol–water partition coefficient (Wildman–Crippen LogP) is 2.39. The fraction of sp³-hybridized carbons (Fsp3) is 0.222. The lowest BCUT2D eigenvalue weighted by atomic mass is 10.4. The lowest BCUT2D eigenvalue weighted by Gasteiger charge is -2.06. The van der Waals surface area contributed by atoms with Crippen LogP contribution in [0, 0.1) is 0 Å². The zero-order chi connectivity index (χ0) is 20.7. The lowest BCUT2D eigenvalue weighted by Crippen LogP contribution is -2.15. The van der Waals surface area contributed by atoms with Crippen molar-refractivity contribution >= 4 is 33.7 Å². The molecule has 12 heteroatoms. The van der Waals surface area contributed by atoms with Gasteiger partial charge in [-0.2, -0.15) is 14.6 Å². The van der Waals surface area contributed by atoms with Crippen molar-refractivity contribution in [1.82, 2.24) is 34.2 Å². The third kappa shape index (κ3) is 3.44. The number of furan rings is 1. The summed E-state index contributed by atoms with van der Waals surface area (Å²) in [7, 11) is 0. The molecular weight excluding hydrogens is 426 g/mol. The molecule has 0 fully saturated rings. The Kier molecular flexibility index (Phi) is 4.71. The number of rotatable bonds is 6. The second kappa shape index (κ2) is 7.54. The highest BCUT2D eigenvalue weighted by Crippen LogP contribution is 2.24. The van der Waals surface area contributed by atoms with E-state index in [-0.39, 0.29) is 11.1 Å². The first-order valence-corrected chi connectivity index (χ1v) is 11.0. The molecule has 30 heavy (non-hydrogen) atoms. The summed E-state index contributed by atoms with van der Waals surface area (Å²) in [5.41, 5.74) is 0.540. The van der Waals surface area contributed by atoms with Crippen LogP contribution in [0.2, 0.25) is 0 Å². The first-order chi connectivity index (χ1) is 14.6. The fourth-order valence-corrected chi connectivity index (χ4v) is 4.78. The van der Waals surface area contributed by atoms with E-state index in [4.69, 9.17) is 4.42 Å². The summed E-state index contributed by atoms with van der Waals surface area (Å²) in [5, 5.41) is 8.40. The van der Waals surface area contributed by atoms with E-state index < -0.39 is 0 Å². The third-order valence-corrected chi connectivity index (χ3v) is 6.16. The van der Waals surface area contributed by atoms with Crippen molar-refractivity contribution in [3.05, 3.63) is 61.9 Å². The van der Waals surface area contributed by atoms with E-state index in [1.54, 1.807) is 12.1 Å². The van der Waals surface area contributed by atoms with Crippen molar-refractivity contribution in [2.75, 3.05) is 0 Å². The van der Waals surface area contributed by atoms with Gasteiger partial charge in [0, 0.05) is 24.3 Å². The summed E-state index contributed by atoms with van der Waals surface area (Å²) in [4.78, 5) is 38.3. The smallest absolute Gasteiger partial charge is 0.275 e. The van der Waals surface area contributed by atoms with E-state index in [0.29, 0.717) is 38.8 Å². The Morgan fingerprint density at radius 1 is 1.23 bits per heavy atom. The summed E-state index contributed by atoms with van der Waals surface area (Å²) in [6, 6.07) is 6.35. The highest BCUT2D eigenvalue weighted by atomic mass is 32.2. The molecule has 5 heterocycles. The normalized spacial score (nSPS) is 11.6.